The summed E-state index contributed by atoms with van der Waals surface area (Å²) in [5, 5.41) is 2.35. The van der Waals surface area contributed by atoms with Gasteiger partial charge in [-0.2, -0.15) is 5.01 Å². The van der Waals surface area contributed by atoms with E-state index < -0.39 is 17.9 Å². The summed E-state index contributed by atoms with van der Waals surface area (Å²) in [4.78, 5) is 42.0. The fraction of sp³-hybridized carbons (Fsp3) is 0.348. The van der Waals surface area contributed by atoms with E-state index >= 15 is 0 Å². The normalized spacial score (nSPS) is 17.7. The molecule has 7 heteroatoms. The number of imide groups is 1. The maximum atomic E-state index is 13.9. The van der Waals surface area contributed by atoms with Gasteiger partial charge < -0.3 is 4.74 Å². The quantitative estimate of drug-likeness (QED) is 0.688. The molecule has 0 aliphatic carbocycles. The highest BCUT2D eigenvalue weighted by Gasteiger charge is 2.43. The molecule has 2 aliphatic rings. The van der Waals surface area contributed by atoms with E-state index in [0.29, 0.717) is 43.9 Å². The maximum Gasteiger partial charge on any atom is 0.280 e. The van der Waals surface area contributed by atoms with Gasteiger partial charge in [0.15, 0.2) is 0 Å². The number of rotatable bonds is 6. The fourth-order valence-electron chi connectivity index (χ4n) is 4.04. The third-order valence-electron chi connectivity index (χ3n) is 5.46. The van der Waals surface area contributed by atoms with Crippen LogP contribution >= 0.6 is 0 Å². The van der Waals surface area contributed by atoms with Crippen LogP contribution in [0.1, 0.15) is 45.7 Å². The van der Waals surface area contributed by atoms with Gasteiger partial charge in [0.25, 0.3) is 17.7 Å². The first-order chi connectivity index (χ1) is 14.6. The van der Waals surface area contributed by atoms with Crippen LogP contribution in [0.5, 0.6) is 0 Å². The van der Waals surface area contributed by atoms with E-state index in [-0.39, 0.29) is 12.5 Å². The number of hydrogen-bond donors (Lipinski definition) is 0. The number of hydrazine groups is 1. The predicted octanol–water partition coefficient (Wildman–Crippen LogP) is 2.51. The lowest BCUT2D eigenvalue weighted by molar-refractivity contribution is -0.149. The molecule has 0 radical (unpaired) electrons. The molecule has 1 atom stereocenters. The summed E-state index contributed by atoms with van der Waals surface area (Å²) < 4.78 is 5.46. The van der Waals surface area contributed by atoms with Gasteiger partial charge in [0.05, 0.1) is 24.3 Å². The van der Waals surface area contributed by atoms with E-state index in [9.17, 15) is 14.4 Å². The molecule has 30 heavy (non-hydrogen) atoms. The van der Waals surface area contributed by atoms with Gasteiger partial charge in [-0.25, -0.2) is 5.01 Å². The van der Waals surface area contributed by atoms with E-state index in [2.05, 4.69) is 4.90 Å². The molecular weight excluding hydrogens is 382 g/mol. The van der Waals surface area contributed by atoms with Crippen molar-refractivity contribution in [3.05, 3.63) is 71.3 Å². The van der Waals surface area contributed by atoms with Gasteiger partial charge in [-0.3, -0.25) is 19.3 Å². The number of benzene rings is 2. The van der Waals surface area contributed by atoms with Gasteiger partial charge >= 0.3 is 0 Å². The number of ether oxygens (including phenoxy) is 1. The molecule has 2 heterocycles. The fourth-order valence-corrected chi connectivity index (χ4v) is 4.04. The van der Waals surface area contributed by atoms with Crippen LogP contribution in [0.3, 0.4) is 0 Å². The molecule has 0 saturated carbocycles. The van der Waals surface area contributed by atoms with E-state index in [1.807, 2.05) is 37.3 Å². The Morgan fingerprint density at radius 3 is 2.10 bits per heavy atom. The first-order valence-electron chi connectivity index (χ1n) is 10.3. The number of fused-ring (bicyclic) bond motifs is 1. The molecule has 1 saturated heterocycles. The van der Waals surface area contributed by atoms with Crippen molar-refractivity contribution in [2.45, 2.75) is 19.4 Å². The van der Waals surface area contributed by atoms with Crippen molar-refractivity contribution in [1.82, 2.24) is 14.9 Å². The minimum atomic E-state index is -0.592. The molecule has 7 nitrogen and oxygen atoms in total. The summed E-state index contributed by atoms with van der Waals surface area (Å²) in [5.41, 5.74) is 1.50. The van der Waals surface area contributed by atoms with Crippen LogP contribution in [-0.4, -0.2) is 65.5 Å². The zero-order chi connectivity index (χ0) is 21.1. The molecule has 1 fully saturated rings. The van der Waals surface area contributed by atoms with Crippen LogP contribution in [0.25, 0.3) is 0 Å². The van der Waals surface area contributed by atoms with Crippen molar-refractivity contribution in [3.8, 4) is 0 Å². The molecule has 0 spiro atoms. The Morgan fingerprint density at radius 2 is 1.53 bits per heavy atom. The van der Waals surface area contributed by atoms with Crippen molar-refractivity contribution in [3.63, 3.8) is 0 Å². The zero-order valence-electron chi connectivity index (χ0n) is 17.0. The monoisotopic (exact) mass is 407 g/mol. The van der Waals surface area contributed by atoms with Gasteiger partial charge in [0, 0.05) is 19.6 Å². The number of carbonyl (C=O) groups excluding carboxylic acids is 3. The van der Waals surface area contributed by atoms with Crippen molar-refractivity contribution in [2.24, 2.45) is 0 Å². The predicted molar refractivity (Wildman–Crippen MR) is 111 cm³/mol. The third kappa shape index (κ3) is 3.62. The summed E-state index contributed by atoms with van der Waals surface area (Å²) in [5.74, 6) is -1.18. The van der Waals surface area contributed by atoms with Crippen molar-refractivity contribution < 1.29 is 19.1 Å². The van der Waals surface area contributed by atoms with E-state index in [0.717, 1.165) is 10.6 Å². The highest BCUT2D eigenvalue weighted by molar-refractivity contribution is 6.21. The van der Waals surface area contributed by atoms with E-state index in [4.69, 9.17) is 4.74 Å². The van der Waals surface area contributed by atoms with Crippen LogP contribution in [-0.2, 0) is 9.53 Å². The number of nitrogens with zero attached hydrogens (tertiary/aromatic N) is 3. The summed E-state index contributed by atoms with van der Waals surface area (Å²) in [6.45, 7) is 4.48. The van der Waals surface area contributed by atoms with Crippen LogP contribution in [0.15, 0.2) is 54.6 Å². The Bertz CT molecular complexity index is 905. The number of hydrogen-bond acceptors (Lipinski definition) is 5. The summed E-state index contributed by atoms with van der Waals surface area (Å²) >= 11 is 0. The summed E-state index contributed by atoms with van der Waals surface area (Å²) in [6, 6.07) is 15.6. The Morgan fingerprint density at radius 1 is 0.967 bits per heavy atom. The van der Waals surface area contributed by atoms with Crippen LogP contribution < -0.4 is 0 Å². The smallest absolute Gasteiger partial charge is 0.280 e. The maximum absolute atomic E-state index is 13.9. The Kier molecular flexibility index (Phi) is 5.92. The summed E-state index contributed by atoms with van der Waals surface area (Å²) in [6.07, 6.45) is 0.615. The number of amides is 3. The lowest BCUT2D eigenvalue weighted by Gasteiger charge is -2.38. The second-order valence-corrected chi connectivity index (χ2v) is 7.39. The van der Waals surface area contributed by atoms with Gasteiger partial charge in [-0.15, -0.1) is 0 Å². The second-order valence-electron chi connectivity index (χ2n) is 7.39. The first-order valence-corrected chi connectivity index (χ1v) is 10.3. The molecule has 0 aromatic heterocycles. The molecule has 2 aromatic rings. The van der Waals surface area contributed by atoms with Gasteiger partial charge in [-0.05, 0) is 24.1 Å². The standard InChI is InChI=1S/C23H25N3O4/c1-2-12-25(26-21(27)18-10-6-7-11-19(18)22(26)28)23(29)20(17-8-4-3-5-9-17)24-13-15-30-16-14-24/h3-11,20H,2,12-16H2,1H3/t20-/m1/s1. The topological polar surface area (TPSA) is 70.2 Å². The Labute approximate surface area is 175 Å². The second kappa shape index (κ2) is 8.77. The molecule has 3 amide bonds. The molecule has 2 aromatic carbocycles. The average molecular weight is 407 g/mol. The minimum absolute atomic E-state index is 0.276. The molecule has 156 valence electrons. The van der Waals surface area contributed by atoms with E-state index in [1.165, 1.54) is 5.01 Å². The largest absolute Gasteiger partial charge is 0.379 e. The van der Waals surface area contributed by atoms with Crippen molar-refractivity contribution in [2.75, 3.05) is 32.8 Å². The van der Waals surface area contributed by atoms with Gasteiger partial charge in [0.1, 0.15) is 6.04 Å². The van der Waals surface area contributed by atoms with Crippen LogP contribution in [0.2, 0.25) is 0 Å². The highest BCUT2D eigenvalue weighted by atomic mass is 16.5. The lowest BCUT2D eigenvalue weighted by atomic mass is 10.0. The molecule has 0 bridgehead atoms. The number of morpholine rings is 1. The molecule has 4 rings (SSSR count). The van der Waals surface area contributed by atoms with Crippen molar-refractivity contribution >= 4 is 17.7 Å². The minimum Gasteiger partial charge on any atom is -0.379 e. The first kappa shape index (κ1) is 20.3. The summed E-state index contributed by atoms with van der Waals surface area (Å²) in [7, 11) is 0. The zero-order valence-corrected chi connectivity index (χ0v) is 17.0. The SMILES string of the molecule is CCCN(C(=O)[C@@H](c1ccccc1)N1CCOCC1)N1C(=O)c2ccccc2C1=O. The van der Waals surface area contributed by atoms with Crippen LogP contribution in [0, 0.1) is 0 Å². The Balaban J connectivity index is 1.71. The third-order valence-corrected chi connectivity index (χ3v) is 5.46. The molecular formula is C23H25N3O4. The van der Waals surface area contributed by atoms with Gasteiger partial charge in [0.2, 0.25) is 0 Å². The van der Waals surface area contributed by atoms with Crippen LogP contribution in [0.4, 0.5) is 0 Å². The van der Waals surface area contributed by atoms with Crippen molar-refractivity contribution in [1.29, 1.82) is 0 Å². The Hall–Kier alpha value is -3.03. The van der Waals surface area contributed by atoms with Gasteiger partial charge in [-0.1, -0.05) is 49.4 Å². The highest BCUT2D eigenvalue weighted by Crippen LogP contribution is 2.29. The average Bonchev–Trinajstić information content (AvgIpc) is 3.04. The molecule has 0 N–H and O–H groups in total. The number of carbonyl (C=O) groups is 3. The lowest BCUT2D eigenvalue weighted by Crippen LogP contribution is -2.55. The molecule has 2 aliphatic heterocycles. The van der Waals surface area contributed by atoms with E-state index in [1.54, 1.807) is 24.3 Å². The molecule has 0 unspecified atom stereocenters.